The molecule has 3 atom stereocenters. The number of piperazine rings is 1. The minimum absolute atomic E-state index is 0.0311. The molecule has 4 heterocycles. The molecule has 0 spiro atoms. The number of nitrogens with one attached hydrogen (secondary N) is 1. The molecule has 0 aromatic carbocycles. The van der Waals surface area contributed by atoms with Gasteiger partial charge >= 0.3 is 0 Å². The number of fused-ring (bicyclic) bond motifs is 1. The van der Waals surface area contributed by atoms with E-state index in [0.29, 0.717) is 31.6 Å². The van der Waals surface area contributed by atoms with Crippen LogP contribution in [0.1, 0.15) is 70.7 Å². The average Bonchev–Trinajstić information content (AvgIpc) is 3.35. The van der Waals surface area contributed by atoms with Gasteiger partial charge in [-0.05, 0) is 32.6 Å². The molecule has 1 amide bonds. The van der Waals surface area contributed by atoms with Crippen molar-refractivity contribution in [3.05, 3.63) is 17.6 Å². The second-order valence-corrected chi connectivity index (χ2v) is 12.1. The van der Waals surface area contributed by atoms with E-state index < -0.39 is 17.8 Å². The minimum atomic E-state index is -1.88. The van der Waals surface area contributed by atoms with Crippen LogP contribution in [0.3, 0.4) is 0 Å². The summed E-state index contributed by atoms with van der Waals surface area (Å²) < 4.78 is 35.0. The Balaban J connectivity index is 1.56. The van der Waals surface area contributed by atoms with Gasteiger partial charge in [-0.25, -0.2) is 18.3 Å². The second-order valence-electron chi connectivity index (χ2n) is 12.1. The number of piperidine rings is 1. The van der Waals surface area contributed by atoms with Crippen LogP contribution in [0.15, 0.2) is 6.20 Å². The van der Waals surface area contributed by atoms with E-state index in [9.17, 15) is 13.6 Å². The first-order valence-corrected chi connectivity index (χ1v) is 14.3. The van der Waals surface area contributed by atoms with Crippen molar-refractivity contribution in [1.29, 1.82) is 0 Å². The SMILES string of the molecule is COCCN1CCN(c2nc3nc(C(C)CCC(C)(C)C(C)(F)CF)cn3nc2C[C@H]2CCCNC2=O)CC1. The van der Waals surface area contributed by atoms with Crippen molar-refractivity contribution in [2.45, 2.75) is 71.4 Å². The van der Waals surface area contributed by atoms with Gasteiger partial charge < -0.3 is 15.0 Å². The van der Waals surface area contributed by atoms with Gasteiger partial charge in [-0.1, -0.05) is 20.8 Å². The Morgan fingerprint density at radius 1 is 1.21 bits per heavy atom. The lowest BCUT2D eigenvalue weighted by atomic mass is 9.73. The lowest BCUT2D eigenvalue weighted by molar-refractivity contribution is -0.126. The summed E-state index contributed by atoms with van der Waals surface area (Å²) in [6.45, 7) is 11.7. The molecule has 0 radical (unpaired) electrons. The van der Waals surface area contributed by atoms with E-state index in [0.717, 1.165) is 69.3 Å². The van der Waals surface area contributed by atoms with E-state index in [1.807, 2.05) is 6.20 Å². The van der Waals surface area contributed by atoms with Crippen LogP contribution in [0.25, 0.3) is 5.78 Å². The van der Waals surface area contributed by atoms with Gasteiger partial charge in [0.1, 0.15) is 18.0 Å². The molecule has 2 fully saturated rings. The number of ether oxygens (including phenoxy) is 1. The Morgan fingerprint density at radius 2 is 1.95 bits per heavy atom. The molecule has 1 N–H and O–H groups in total. The molecule has 11 heteroatoms. The Hall–Kier alpha value is -2.40. The molecule has 0 aliphatic carbocycles. The highest BCUT2D eigenvalue weighted by molar-refractivity contribution is 5.79. The summed E-state index contributed by atoms with van der Waals surface area (Å²) >= 11 is 0. The lowest BCUT2D eigenvalue weighted by Gasteiger charge is -2.36. The molecule has 0 bridgehead atoms. The predicted octanol–water partition coefficient (Wildman–Crippen LogP) is 3.57. The first-order chi connectivity index (χ1) is 18.5. The van der Waals surface area contributed by atoms with Crippen LogP contribution < -0.4 is 10.2 Å². The van der Waals surface area contributed by atoms with Crippen LogP contribution in [0.4, 0.5) is 14.6 Å². The van der Waals surface area contributed by atoms with E-state index in [4.69, 9.17) is 19.8 Å². The standard InChI is InChI=1S/C28H45F2N7O2/c1-20(8-9-27(2,3)28(4,30)19-29)23-18-37-26(32-23)33-24(36-13-11-35(12-14-36)15-16-39-5)22(34-37)17-21-7-6-10-31-25(21)38/h18,20-21H,6-17,19H2,1-5H3,(H,31,38)/t20?,21-,28?/m1/s1. The van der Waals surface area contributed by atoms with Gasteiger partial charge in [0.05, 0.1) is 18.5 Å². The highest BCUT2D eigenvalue weighted by Gasteiger charge is 2.41. The maximum atomic E-state index is 14.7. The van der Waals surface area contributed by atoms with Crippen LogP contribution in [-0.2, 0) is 16.0 Å². The third-order valence-corrected chi connectivity index (χ3v) is 8.87. The second kappa shape index (κ2) is 12.4. The molecule has 9 nitrogen and oxygen atoms in total. The maximum Gasteiger partial charge on any atom is 0.252 e. The first kappa shape index (κ1) is 29.6. The van der Waals surface area contributed by atoms with Crippen LogP contribution in [0, 0.1) is 11.3 Å². The molecule has 2 saturated heterocycles. The number of hydrogen-bond donors (Lipinski definition) is 1. The van der Waals surface area contributed by atoms with E-state index in [2.05, 4.69) is 22.0 Å². The number of anilines is 1. The smallest absolute Gasteiger partial charge is 0.252 e. The molecule has 2 aromatic heterocycles. The number of alkyl halides is 2. The first-order valence-electron chi connectivity index (χ1n) is 14.3. The number of aromatic nitrogens is 4. The molecule has 4 rings (SSSR count). The molecule has 2 unspecified atom stereocenters. The molecule has 2 aliphatic rings. The molecular formula is C28H45F2N7O2. The zero-order valence-corrected chi connectivity index (χ0v) is 24.2. The van der Waals surface area contributed by atoms with Crippen molar-refractivity contribution in [3.63, 3.8) is 0 Å². The summed E-state index contributed by atoms with van der Waals surface area (Å²) in [4.78, 5) is 27.0. The highest BCUT2D eigenvalue weighted by atomic mass is 19.2. The number of methoxy groups -OCH3 is 1. The Kier molecular flexibility index (Phi) is 9.41. The van der Waals surface area contributed by atoms with Gasteiger partial charge in [0.25, 0.3) is 5.78 Å². The van der Waals surface area contributed by atoms with E-state index in [1.54, 1.807) is 25.5 Å². The zero-order valence-electron chi connectivity index (χ0n) is 24.2. The van der Waals surface area contributed by atoms with Gasteiger partial charge in [-0.15, -0.1) is 0 Å². The van der Waals surface area contributed by atoms with E-state index in [-0.39, 0.29) is 17.7 Å². The summed E-state index contributed by atoms with van der Waals surface area (Å²) in [5, 5.41) is 7.92. The third-order valence-electron chi connectivity index (χ3n) is 8.87. The number of nitrogens with zero attached hydrogens (tertiary/aromatic N) is 6. The number of amides is 1. The fourth-order valence-corrected chi connectivity index (χ4v) is 5.32. The van der Waals surface area contributed by atoms with Gasteiger partial charge in [0.2, 0.25) is 5.91 Å². The zero-order chi connectivity index (χ0) is 28.2. The van der Waals surface area contributed by atoms with Crippen LogP contribution in [0.5, 0.6) is 0 Å². The summed E-state index contributed by atoms with van der Waals surface area (Å²) in [6.07, 6.45) is 5.42. The molecule has 2 aromatic rings. The number of carbonyl (C=O) groups excluding carboxylic acids is 1. The van der Waals surface area contributed by atoms with Crippen LogP contribution >= 0.6 is 0 Å². The molecule has 2 aliphatic heterocycles. The van der Waals surface area contributed by atoms with Crippen molar-refractivity contribution >= 4 is 17.5 Å². The molecule has 39 heavy (non-hydrogen) atoms. The Labute approximate surface area is 230 Å². The molecular weight excluding hydrogens is 504 g/mol. The van der Waals surface area contributed by atoms with E-state index in [1.165, 1.54) is 6.92 Å². The Morgan fingerprint density at radius 3 is 2.62 bits per heavy atom. The largest absolute Gasteiger partial charge is 0.383 e. The quantitative estimate of drug-likeness (QED) is 0.433. The van der Waals surface area contributed by atoms with Gasteiger partial charge in [0.15, 0.2) is 5.82 Å². The topological polar surface area (TPSA) is 87.9 Å². The van der Waals surface area contributed by atoms with Crippen LogP contribution in [-0.4, -0.2) is 95.7 Å². The average molecular weight is 550 g/mol. The van der Waals surface area contributed by atoms with Gasteiger partial charge in [-0.2, -0.15) is 10.1 Å². The normalized spacial score (nSPS) is 21.7. The lowest BCUT2D eigenvalue weighted by Crippen LogP contribution is -2.48. The molecule has 218 valence electrons. The number of rotatable bonds is 12. The minimum Gasteiger partial charge on any atom is -0.383 e. The number of imidazole rings is 1. The molecule has 0 saturated carbocycles. The summed E-state index contributed by atoms with van der Waals surface area (Å²) in [6, 6.07) is 0. The van der Waals surface area contributed by atoms with Crippen molar-refractivity contribution in [1.82, 2.24) is 29.8 Å². The van der Waals surface area contributed by atoms with Crippen LogP contribution in [0.2, 0.25) is 0 Å². The number of halogens is 2. The van der Waals surface area contributed by atoms with Crippen molar-refractivity contribution < 1.29 is 18.3 Å². The third kappa shape index (κ3) is 6.85. The number of carbonyl (C=O) groups is 1. The van der Waals surface area contributed by atoms with Gasteiger partial charge in [-0.3, -0.25) is 9.69 Å². The maximum absolute atomic E-state index is 14.7. The number of hydrogen-bond acceptors (Lipinski definition) is 7. The van der Waals surface area contributed by atoms with E-state index >= 15 is 0 Å². The van der Waals surface area contributed by atoms with Crippen molar-refractivity contribution in [3.8, 4) is 0 Å². The fraction of sp³-hybridized carbons (Fsp3) is 0.786. The predicted molar refractivity (Wildman–Crippen MR) is 148 cm³/mol. The fourth-order valence-electron chi connectivity index (χ4n) is 5.32. The monoisotopic (exact) mass is 549 g/mol. The highest BCUT2D eigenvalue weighted by Crippen LogP contribution is 2.40. The Bertz CT molecular complexity index is 1110. The van der Waals surface area contributed by atoms with Crippen molar-refractivity contribution in [2.75, 3.05) is 64.6 Å². The van der Waals surface area contributed by atoms with Gasteiger partial charge in [0, 0.05) is 70.0 Å². The summed E-state index contributed by atoms with van der Waals surface area (Å²) in [5.74, 6) is 1.30. The summed E-state index contributed by atoms with van der Waals surface area (Å²) in [7, 11) is 1.72. The summed E-state index contributed by atoms with van der Waals surface area (Å²) in [5.41, 5.74) is -1.03. The van der Waals surface area contributed by atoms with Crippen molar-refractivity contribution in [2.24, 2.45) is 11.3 Å².